The van der Waals surface area contributed by atoms with Crippen LogP contribution in [-0.4, -0.2) is 50.2 Å². The predicted molar refractivity (Wildman–Crippen MR) is 78.2 cm³/mol. The summed E-state index contributed by atoms with van der Waals surface area (Å²) in [5.74, 6) is -0.0709. The molecule has 0 saturated heterocycles. The van der Waals surface area contributed by atoms with Gasteiger partial charge in [-0.05, 0) is 39.3 Å². The van der Waals surface area contributed by atoms with Gasteiger partial charge in [0.15, 0.2) is 0 Å². The summed E-state index contributed by atoms with van der Waals surface area (Å²) in [6.07, 6.45) is 4.24. The van der Waals surface area contributed by atoms with Crippen LogP contribution in [-0.2, 0) is 9.53 Å². The van der Waals surface area contributed by atoms with Crippen LogP contribution < -0.4 is 5.32 Å². The zero-order chi connectivity index (χ0) is 14.5. The van der Waals surface area contributed by atoms with Gasteiger partial charge in [0.2, 0.25) is 0 Å². The Kier molecular flexibility index (Phi) is 5.81. The number of nitrogens with zero attached hydrogens (tertiary/aromatic N) is 1. The van der Waals surface area contributed by atoms with E-state index in [9.17, 15) is 4.79 Å². The van der Waals surface area contributed by atoms with Gasteiger partial charge in [-0.2, -0.15) is 0 Å². The number of rotatable bonds is 6. The second-order valence-electron chi connectivity index (χ2n) is 6.45. The van der Waals surface area contributed by atoms with Gasteiger partial charge in [-0.25, -0.2) is 0 Å². The fraction of sp³-hybridized carbons (Fsp3) is 0.933. The molecule has 1 aliphatic rings. The second-order valence-corrected chi connectivity index (χ2v) is 6.45. The zero-order valence-corrected chi connectivity index (χ0v) is 13.2. The Labute approximate surface area is 117 Å². The molecule has 1 saturated carbocycles. The van der Waals surface area contributed by atoms with E-state index in [4.69, 9.17) is 4.74 Å². The molecule has 0 aliphatic heterocycles. The molecular weight excluding hydrogens is 240 g/mol. The van der Waals surface area contributed by atoms with Crippen LogP contribution in [0.1, 0.15) is 46.5 Å². The lowest BCUT2D eigenvalue weighted by Crippen LogP contribution is -2.64. The van der Waals surface area contributed by atoms with Crippen LogP contribution in [0.2, 0.25) is 0 Å². The molecule has 1 fully saturated rings. The number of carbonyl (C=O) groups is 1. The average Bonchev–Trinajstić information content (AvgIpc) is 2.31. The molecule has 0 aromatic rings. The minimum atomic E-state index is -0.517. The van der Waals surface area contributed by atoms with Crippen molar-refractivity contribution in [1.82, 2.24) is 10.2 Å². The third-order valence-electron chi connectivity index (χ3n) is 4.37. The summed E-state index contributed by atoms with van der Waals surface area (Å²) < 4.78 is 5.36. The Morgan fingerprint density at radius 2 is 1.89 bits per heavy atom. The van der Waals surface area contributed by atoms with Gasteiger partial charge >= 0.3 is 5.97 Å². The van der Waals surface area contributed by atoms with Gasteiger partial charge in [-0.15, -0.1) is 0 Å². The number of carbonyl (C=O) groups excluding carboxylic acids is 1. The van der Waals surface area contributed by atoms with Gasteiger partial charge in [-0.1, -0.05) is 26.7 Å². The third kappa shape index (κ3) is 3.69. The number of hydrogen-bond donors (Lipinski definition) is 1. The van der Waals surface area contributed by atoms with Gasteiger partial charge < -0.3 is 15.0 Å². The highest BCUT2D eigenvalue weighted by Crippen LogP contribution is 2.44. The molecule has 0 bridgehead atoms. The van der Waals surface area contributed by atoms with Gasteiger partial charge in [-0.3, -0.25) is 4.79 Å². The molecule has 19 heavy (non-hydrogen) atoms. The predicted octanol–water partition coefficient (Wildman–Crippen LogP) is 2.04. The van der Waals surface area contributed by atoms with E-state index in [-0.39, 0.29) is 11.4 Å². The van der Waals surface area contributed by atoms with Crippen molar-refractivity contribution in [2.24, 2.45) is 5.41 Å². The number of ether oxygens (including phenoxy) is 1. The second kappa shape index (κ2) is 6.71. The lowest BCUT2D eigenvalue weighted by atomic mass is 9.63. The molecule has 0 amide bonds. The third-order valence-corrected chi connectivity index (χ3v) is 4.37. The fourth-order valence-electron chi connectivity index (χ4n) is 3.03. The lowest BCUT2D eigenvalue weighted by Gasteiger charge is -2.48. The van der Waals surface area contributed by atoms with Crippen LogP contribution in [0.25, 0.3) is 0 Å². The van der Waals surface area contributed by atoms with Gasteiger partial charge in [0.05, 0.1) is 6.61 Å². The van der Waals surface area contributed by atoms with E-state index in [0.717, 1.165) is 32.4 Å². The van der Waals surface area contributed by atoms with Crippen LogP contribution >= 0.6 is 0 Å². The normalized spacial score (nSPS) is 26.4. The Morgan fingerprint density at radius 1 is 1.26 bits per heavy atom. The first kappa shape index (κ1) is 16.4. The molecule has 1 rings (SSSR count). The topological polar surface area (TPSA) is 41.6 Å². The van der Waals surface area contributed by atoms with Crippen molar-refractivity contribution < 1.29 is 9.53 Å². The summed E-state index contributed by atoms with van der Waals surface area (Å²) in [4.78, 5) is 14.6. The smallest absolute Gasteiger partial charge is 0.326 e. The Hall–Kier alpha value is -0.610. The monoisotopic (exact) mass is 270 g/mol. The van der Waals surface area contributed by atoms with Crippen LogP contribution in [0.5, 0.6) is 0 Å². The number of nitrogens with one attached hydrogen (secondary N) is 1. The number of hydrogen-bond acceptors (Lipinski definition) is 4. The van der Waals surface area contributed by atoms with E-state index in [2.05, 4.69) is 24.1 Å². The summed E-state index contributed by atoms with van der Waals surface area (Å²) >= 11 is 0. The molecule has 1 atom stereocenters. The van der Waals surface area contributed by atoms with E-state index in [1.54, 1.807) is 0 Å². The summed E-state index contributed by atoms with van der Waals surface area (Å²) in [7, 11) is 4.09. The minimum Gasteiger partial charge on any atom is -0.465 e. The first-order valence-corrected chi connectivity index (χ1v) is 7.43. The first-order chi connectivity index (χ1) is 8.85. The van der Waals surface area contributed by atoms with Crippen LogP contribution in [0.3, 0.4) is 0 Å². The largest absolute Gasteiger partial charge is 0.465 e. The Balaban J connectivity index is 2.85. The highest BCUT2D eigenvalue weighted by Gasteiger charge is 2.52. The lowest BCUT2D eigenvalue weighted by molar-refractivity contribution is -0.159. The van der Waals surface area contributed by atoms with E-state index in [0.29, 0.717) is 6.61 Å². The molecule has 1 aliphatic carbocycles. The zero-order valence-electron chi connectivity index (χ0n) is 13.2. The molecule has 0 aromatic heterocycles. The van der Waals surface area contributed by atoms with E-state index in [1.165, 1.54) is 6.42 Å². The molecule has 0 radical (unpaired) electrons. The molecule has 1 N–H and O–H groups in total. The molecule has 0 heterocycles. The minimum absolute atomic E-state index is 0.0518. The van der Waals surface area contributed by atoms with Gasteiger partial charge in [0.1, 0.15) is 5.54 Å². The average molecular weight is 270 g/mol. The van der Waals surface area contributed by atoms with Crippen LogP contribution in [0.4, 0.5) is 0 Å². The van der Waals surface area contributed by atoms with Crippen molar-refractivity contribution in [1.29, 1.82) is 0 Å². The fourth-order valence-corrected chi connectivity index (χ4v) is 3.03. The Bertz CT molecular complexity index is 303. The number of esters is 1. The molecule has 4 heteroatoms. The number of likely N-dealkylation sites (N-methyl/N-ethyl adjacent to an activating group) is 1. The Morgan fingerprint density at radius 3 is 2.42 bits per heavy atom. The summed E-state index contributed by atoms with van der Waals surface area (Å²) in [5, 5.41) is 3.53. The standard InChI is InChI=1S/C15H30N2O2/c1-6-19-13(18)15(16-11-12-17(4)5)10-8-7-9-14(15,2)3/h16H,6-12H2,1-5H3. The van der Waals surface area contributed by atoms with Crippen LogP contribution in [0, 0.1) is 5.41 Å². The van der Waals surface area contributed by atoms with Crippen molar-refractivity contribution in [3.63, 3.8) is 0 Å². The van der Waals surface area contributed by atoms with E-state index in [1.807, 2.05) is 21.0 Å². The van der Waals surface area contributed by atoms with Crippen LogP contribution in [0.15, 0.2) is 0 Å². The molecule has 112 valence electrons. The maximum Gasteiger partial charge on any atom is 0.326 e. The first-order valence-electron chi connectivity index (χ1n) is 7.43. The molecular formula is C15H30N2O2. The van der Waals surface area contributed by atoms with Crippen molar-refractivity contribution in [2.45, 2.75) is 52.0 Å². The molecule has 4 nitrogen and oxygen atoms in total. The quantitative estimate of drug-likeness (QED) is 0.750. The summed E-state index contributed by atoms with van der Waals surface area (Å²) in [6.45, 7) is 8.44. The highest BCUT2D eigenvalue weighted by molar-refractivity contribution is 5.82. The maximum absolute atomic E-state index is 12.5. The van der Waals surface area contributed by atoms with Crippen molar-refractivity contribution in [3.8, 4) is 0 Å². The molecule has 0 spiro atoms. The van der Waals surface area contributed by atoms with Crippen molar-refractivity contribution in [3.05, 3.63) is 0 Å². The SMILES string of the molecule is CCOC(=O)C1(NCCN(C)C)CCCCC1(C)C. The van der Waals surface area contributed by atoms with Gasteiger partial charge in [0.25, 0.3) is 0 Å². The summed E-state index contributed by atoms with van der Waals surface area (Å²) in [6, 6.07) is 0. The van der Waals surface area contributed by atoms with Crippen molar-refractivity contribution >= 4 is 5.97 Å². The summed E-state index contributed by atoms with van der Waals surface area (Å²) in [5.41, 5.74) is -0.568. The van der Waals surface area contributed by atoms with E-state index >= 15 is 0 Å². The maximum atomic E-state index is 12.5. The molecule has 0 aromatic carbocycles. The highest BCUT2D eigenvalue weighted by atomic mass is 16.5. The van der Waals surface area contributed by atoms with Crippen molar-refractivity contribution in [2.75, 3.05) is 33.8 Å². The molecule has 1 unspecified atom stereocenters. The van der Waals surface area contributed by atoms with Gasteiger partial charge in [0, 0.05) is 13.1 Å². The van der Waals surface area contributed by atoms with E-state index < -0.39 is 5.54 Å².